The third kappa shape index (κ3) is 4.23. The molecular weight excluding hydrogens is 394 g/mol. The minimum atomic E-state index is -0.479. The second-order valence-corrected chi connectivity index (χ2v) is 7.74. The molecule has 0 radical (unpaired) electrons. The van der Waals surface area contributed by atoms with E-state index in [-0.39, 0.29) is 37.7 Å². The van der Waals surface area contributed by atoms with Gasteiger partial charge in [-0.05, 0) is 24.6 Å². The van der Waals surface area contributed by atoms with Crippen molar-refractivity contribution in [2.75, 3.05) is 13.3 Å². The fourth-order valence-corrected chi connectivity index (χ4v) is 4.07. The molecule has 0 saturated carbocycles. The van der Waals surface area contributed by atoms with Gasteiger partial charge < -0.3 is 19.1 Å². The van der Waals surface area contributed by atoms with Gasteiger partial charge >= 0.3 is 5.97 Å². The molecule has 0 aliphatic carbocycles. The molecule has 29 heavy (non-hydrogen) atoms. The monoisotopic (exact) mass is 415 g/mol. The highest BCUT2D eigenvalue weighted by molar-refractivity contribution is 6.30. The van der Waals surface area contributed by atoms with Crippen LogP contribution in [-0.2, 0) is 32.3 Å². The van der Waals surface area contributed by atoms with Crippen molar-refractivity contribution in [2.24, 2.45) is 5.92 Å². The molecule has 0 aromatic heterocycles. The first-order valence-electron chi connectivity index (χ1n) is 9.56. The zero-order chi connectivity index (χ0) is 20.4. The molecule has 2 aliphatic rings. The van der Waals surface area contributed by atoms with Crippen LogP contribution in [0, 0.1) is 5.92 Å². The first-order valence-corrected chi connectivity index (χ1v) is 9.93. The van der Waals surface area contributed by atoms with Crippen LogP contribution in [0.25, 0.3) is 0 Å². The maximum Gasteiger partial charge on any atom is 0.311 e. The van der Waals surface area contributed by atoms with Crippen LogP contribution in [0.15, 0.2) is 42.5 Å². The standard InChI is InChI=1S/C22H22ClNO5/c1-14(15-5-3-2-4-6-15)24-10-16(9-20(24)25)22(26)28-12-18-8-19(23)7-17-11-27-13-29-21(17)18/h2-8,14,16H,9-13H2,1H3/t14-,16+/m0/s1. The Morgan fingerprint density at radius 3 is 2.90 bits per heavy atom. The largest absolute Gasteiger partial charge is 0.467 e. The quantitative estimate of drug-likeness (QED) is 0.694. The summed E-state index contributed by atoms with van der Waals surface area (Å²) in [4.78, 5) is 26.8. The van der Waals surface area contributed by atoms with Crippen molar-refractivity contribution in [3.8, 4) is 5.75 Å². The van der Waals surface area contributed by atoms with Crippen molar-refractivity contribution in [2.45, 2.75) is 32.6 Å². The lowest BCUT2D eigenvalue weighted by Gasteiger charge is -2.25. The second kappa shape index (κ2) is 8.43. The van der Waals surface area contributed by atoms with Crippen LogP contribution in [0.1, 0.15) is 36.1 Å². The zero-order valence-electron chi connectivity index (χ0n) is 16.1. The number of carbonyl (C=O) groups excluding carboxylic acids is 2. The lowest BCUT2D eigenvalue weighted by molar-refractivity contribution is -0.149. The number of hydrogen-bond acceptors (Lipinski definition) is 5. The Bertz CT molecular complexity index is 917. The van der Waals surface area contributed by atoms with E-state index in [1.54, 1.807) is 17.0 Å². The molecular formula is C22H22ClNO5. The molecule has 2 atom stereocenters. The van der Waals surface area contributed by atoms with Gasteiger partial charge in [0.15, 0.2) is 6.79 Å². The Kier molecular flexibility index (Phi) is 5.74. The van der Waals surface area contributed by atoms with Crippen molar-refractivity contribution in [1.82, 2.24) is 4.90 Å². The molecule has 1 saturated heterocycles. The molecule has 7 heteroatoms. The van der Waals surface area contributed by atoms with Crippen LogP contribution < -0.4 is 4.74 Å². The van der Waals surface area contributed by atoms with Crippen LogP contribution in [-0.4, -0.2) is 30.1 Å². The van der Waals surface area contributed by atoms with Gasteiger partial charge in [0.05, 0.1) is 18.6 Å². The average Bonchev–Trinajstić information content (AvgIpc) is 3.13. The van der Waals surface area contributed by atoms with Crippen LogP contribution in [0.5, 0.6) is 5.75 Å². The smallest absolute Gasteiger partial charge is 0.311 e. The van der Waals surface area contributed by atoms with Gasteiger partial charge in [-0.2, -0.15) is 0 Å². The van der Waals surface area contributed by atoms with E-state index in [1.807, 2.05) is 37.3 Å². The number of benzene rings is 2. The molecule has 2 aromatic rings. The molecule has 1 fully saturated rings. The highest BCUT2D eigenvalue weighted by atomic mass is 35.5. The topological polar surface area (TPSA) is 65.1 Å². The highest BCUT2D eigenvalue weighted by Gasteiger charge is 2.38. The Morgan fingerprint density at radius 2 is 2.10 bits per heavy atom. The van der Waals surface area contributed by atoms with Crippen molar-refractivity contribution in [1.29, 1.82) is 0 Å². The summed E-state index contributed by atoms with van der Waals surface area (Å²) in [5.41, 5.74) is 2.57. The summed E-state index contributed by atoms with van der Waals surface area (Å²) in [5.74, 6) is -0.256. The molecule has 1 amide bonds. The van der Waals surface area contributed by atoms with Gasteiger partial charge in [-0.25, -0.2) is 0 Å². The predicted octanol–water partition coefficient (Wildman–Crippen LogP) is 3.86. The molecule has 152 valence electrons. The van der Waals surface area contributed by atoms with Gasteiger partial charge in [0, 0.05) is 29.1 Å². The molecule has 2 aromatic carbocycles. The third-order valence-electron chi connectivity index (χ3n) is 5.36. The van der Waals surface area contributed by atoms with Crippen LogP contribution in [0.3, 0.4) is 0 Å². The van der Waals surface area contributed by atoms with Gasteiger partial charge in [0.25, 0.3) is 0 Å². The number of fused-ring (bicyclic) bond motifs is 1. The molecule has 6 nitrogen and oxygen atoms in total. The van der Waals surface area contributed by atoms with E-state index in [1.165, 1.54) is 0 Å². The lowest BCUT2D eigenvalue weighted by Crippen LogP contribution is -2.29. The number of halogens is 1. The van der Waals surface area contributed by atoms with Crippen LogP contribution in [0.4, 0.5) is 0 Å². The van der Waals surface area contributed by atoms with Crippen LogP contribution in [0.2, 0.25) is 5.02 Å². The highest BCUT2D eigenvalue weighted by Crippen LogP contribution is 2.33. The van der Waals surface area contributed by atoms with Crippen LogP contribution >= 0.6 is 11.6 Å². The molecule has 0 spiro atoms. The maximum atomic E-state index is 12.6. The fraction of sp³-hybridized carbons (Fsp3) is 0.364. The maximum absolute atomic E-state index is 12.6. The van der Waals surface area contributed by atoms with E-state index in [2.05, 4.69) is 0 Å². The number of carbonyl (C=O) groups is 2. The SMILES string of the molecule is C[C@@H](c1ccccc1)N1C[C@H](C(=O)OCc2cc(Cl)cc3c2OCOC3)CC1=O. The van der Waals surface area contributed by atoms with E-state index in [0.29, 0.717) is 29.5 Å². The number of amides is 1. The van der Waals surface area contributed by atoms with Crippen molar-refractivity contribution in [3.63, 3.8) is 0 Å². The fourth-order valence-electron chi connectivity index (χ4n) is 3.81. The Morgan fingerprint density at radius 1 is 1.31 bits per heavy atom. The minimum Gasteiger partial charge on any atom is -0.467 e. The Labute approximate surface area is 174 Å². The molecule has 0 bridgehead atoms. The number of nitrogens with zero attached hydrogens (tertiary/aromatic N) is 1. The van der Waals surface area contributed by atoms with Gasteiger partial charge in [0.2, 0.25) is 5.91 Å². The third-order valence-corrected chi connectivity index (χ3v) is 5.58. The van der Waals surface area contributed by atoms with Crippen molar-refractivity contribution >= 4 is 23.5 Å². The summed E-state index contributed by atoms with van der Waals surface area (Å²) in [6.07, 6.45) is 0.161. The van der Waals surface area contributed by atoms with Gasteiger partial charge in [-0.1, -0.05) is 41.9 Å². The number of hydrogen-bond donors (Lipinski definition) is 0. The molecule has 2 aliphatic heterocycles. The average molecular weight is 416 g/mol. The summed E-state index contributed by atoms with van der Waals surface area (Å²) in [6.45, 7) is 2.92. The molecule has 0 unspecified atom stereocenters. The van der Waals surface area contributed by atoms with Gasteiger partial charge in [-0.3, -0.25) is 9.59 Å². The number of rotatable bonds is 5. The van der Waals surface area contributed by atoms with E-state index < -0.39 is 5.92 Å². The first kappa shape index (κ1) is 19.7. The Balaban J connectivity index is 1.40. The Hall–Kier alpha value is -2.57. The van der Waals surface area contributed by atoms with Gasteiger partial charge in [0.1, 0.15) is 12.4 Å². The first-order chi connectivity index (χ1) is 14.0. The molecule has 2 heterocycles. The summed E-state index contributed by atoms with van der Waals surface area (Å²) >= 11 is 6.15. The lowest BCUT2D eigenvalue weighted by atomic mass is 10.1. The minimum absolute atomic E-state index is 0.0380. The van der Waals surface area contributed by atoms with E-state index in [9.17, 15) is 9.59 Å². The number of esters is 1. The van der Waals surface area contributed by atoms with Crippen molar-refractivity contribution in [3.05, 3.63) is 64.2 Å². The second-order valence-electron chi connectivity index (χ2n) is 7.31. The number of likely N-dealkylation sites (tertiary alicyclic amines) is 1. The molecule has 0 N–H and O–H groups in total. The number of ether oxygens (including phenoxy) is 3. The summed E-state index contributed by atoms with van der Waals surface area (Å²) in [5, 5.41) is 0.530. The summed E-state index contributed by atoms with van der Waals surface area (Å²) < 4.78 is 16.3. The van der Waals surface area contributed by atoms with E-state index >= 15 is 0 Å². The zero-order valence-corrected chi connectivity index (χ0v) is 16.9. The van der Waals surface area contributed by atoms with Crippen molar-refractivity contribution < 1.29 is 23.8 Å². The normalized spacial score (nSPS) is 19.4. The molecule has 4 rings (SSSR count). The summed E-state index contributed by atoms with van der Waals surface area (Å²) in [7, 11) is 0. The van der Waals surface area contributed by atoms with E-state index in [0.717, 1.165) is 11.1 Å². The van der Waals surface area contributed by atoms with E-state index in [4.69, 9.17) is 25.8 Å². The predicted molar refractivity (Wildman–Crippen MR) is 106 cm³/mol. The van der Waals surface area contributed by atoms with Gasteiger partial charge in [-0.15, -0.1) is 0 Å². The summed E-state index contributed by atoms with van der Waals surface area (Å²) in [6, 6.07) is 13.2.